The number of rotatable bonds is 26. The Bertz CT molecular complexity index is 1690. The Morgan fingerprint density at radius 2 is 1.18 bits per heavy atom. The number of unbranched alkanes of at least 4 members (excludes halogenated alkanes) is 3. The summed E-state index contributed by atoms with van der Waals surface area (Å²) < 4.78 is 16.5. The van der Waals surface area contributed by atoms with Gasteiger partial charge in [0.15, 0.2) is 0 Å². The minimum absolute atomic E-state index is 0.0124. The average Bonchev–Trinajstić information content (AvgIpc) is 3.23. The molecule has 2 aromatic carbocycles. The summed E-state index contributed by atoms with van der Waals surface area (Å²) in [5.41, 5.74) is 1.58. The van der Waals surface area contributed by atoms with Crippen LogP contribution < -0.4 is 26.6 Å². The highest BCUT2D eigenvalue weighted by atomic mass is 16.6. The second-order valence-corrected chi connectivity index (χ2v) is 16.5. The van der Waals surface area contributed by atoms with Crippen LogP contribution in [-0.4, -0.2) is 78.5 Å². The smallest absolute Gasteiger partial charge is 0.408 e. The number of alkyl carbamates (subject to hydrolysis) is 1. The van der Waals surface area contributed by atoms with Crippen molar-refractivity contribution in [1.82, 2.24) is 26.6 Å². The van der Waals surface area contributed by atoms with Gasteiger partial charge < -0.3 is 40.8 Å². The number of amides is 5. The fourth-order valence-corrected chi connectivity index (χ4v) is 6.43. The molecule has 338 valence electrons. The molecule has 0 saturated carbocycles. The summed E-state index contributed by atoms with van der Waals surface area (Å²) in [7, 11) is 0. The zero-order valence-corrected chi connectivity index (χ0v) is 37.4. The molecule has 0 aromatic heterocycles. The van der Waals surface area contributed by atoms with Crippen LogP contribution >= 0.6 is 0 Å². The Balaban J connectivity index is 2.03. The largest absolute Gasteiger partial charge is 0.460 e. The number of carbonyl (C=O) groups is 7. The predicted octanol–water partition coefficient (Wildman–Crippen LogP) is 5.49. The van der Waals surface area contributed by atoms with Crippen LogP contribution in [0.25, 0.3) is 0 Å². The highest BCUT2D eigenvalue weighted by Crippen LogP contribution is 2.24. The van der Waals surface area contributed by atoms with Crippen LogP contribution in [0.15, 0.2) is 60.7 Å². The highest BCUT2D eigenvalue weighted by molar-refractivity contribution is 5.94. The van der Waals surface area contributed by atoms with Gasteiger partial charge in [0, 0.05) is 0 Å². The van der Waals surface area contributed by atoms with E-state index in [4.69, 9.17) is 14.2 Å². The minimum Gasteiger partial charge on any atom is -0.460 e. The van der Waals surface area contributed by atoms with Crippen molar-refractivity contribution in [3.05, 3.63) is 71.8 Å². The standard InChI is InChI=1S/C46H69N5O10/c1-10-11-12-15-20-31(6)40(32(7)41(53)47-26-38(52)59-27-35-21-16-13-17-22-35)61-45(57)34(9)49-42(54)33(8)48-43(55)37(25-29(2)3)50-44(56)39(30(4)5)51-46(58)60-28-36-23-18-14-19-24-36/h13-14,16-19,21-24,29-34,37,39-40H,10-12,15,20,25-28H2,1-9H3,(H,47,53)(H,48,55)(H,49,54)(H,50,56)(H,51,58)/t31-,32+,33-,34-,37-,39-,40+/m0/s1. The molecule has 0 aliphatic carbocycles. The van der Waals surface area contributed by atoms with Crippen molar-refractivity contribution < 1.29 is 47.8 Å². The van der Waals surface area contributed by atoms with Gasteiger partial charge in [-0.1, -0.05) is 135 Å². The summed E-state index contributed by atoms with van der Waals surface area (Å²) in [5, 5.41) is 13.1. The second kappa shape index (κ2) is 27.4. The Morgan fingerprint density at radius 1 is 0.607 bits per heavy atom. The van der Waals surface area contributed by atoms with Gasteiger partial charge in [-0.05, 0) is 55.6 Å². The normalized spacial score (nSPS) is 14.5. The molecule has 0 unspecified atom stereocenters. The maximum atomic E-state index is 13.5. The molecule has 0 radical (unpaired) electrons. The molecule has 0 aliphatic heterocycles. The van der Waals surface area contributed by atoms with Crippen molar-refractivity contribution in [2.24, 2.45) is 23.7 Å². The second-order valence-electron chi connectivity index (χ2n) is 16.5. The summed E-state index contributed by atoms with van der Waals surface area (Å²) >= 11 is 0. The summed E-state index contributed by atoms with van der Waals surface area (Å²) in [4.78, 5) is 92.0. The number of nitrogens with one attached hydrogen (secondary N) is 5. The molecule has 0 fully saturated rings. The van der Waals surface area contributed by atoms with Gasteiger partial charge in [0.05, 0.1) is 5.92 Å². The van der Waals surface area contributed by atoms with Crippen LogP contribution in [0.4, 0.5) is 4.79 Å². The average molecular weight is 852 g/mol. The van der Waals surface area contributed by atoms with E-state index in [-0.39, 0.29) is 43.9 Å². The molecule has 2 aromatic rings. The number of esters is 2. The highest BCUT2D eigenvalue weighted by Gasteiger charge is 2.35. The molecule has 61 heavy (non-hydrogen) atoms. The van der Waals surface area contributed by atoms with Gasteiger partial charge >= 0.3 is 18.0 Å². The lowest BCUT2D eigenvalue weighted by molar-refractivity contribution is -0.160. The van der Waals surface area contributed by atoms with Crippen molar-refractivity contribution in [1.29, 1.82) is 0 Å². The maximum absolute atomic E-state index is 13.5. The molecule has 15 nitrogen and oxygen atoms in total. The third-order valence-electron chi connectivity index (χ3n) is 10.1. The molecule has 0 aliphatic rings. The molecule has 0 saturated heterocycles. The van der Waals surface area contributed by atoms with Gasteiger partial charge in [-0.3, -0.25) is 24.0 Å². The first-order chi connectivity index (χ1) is 28.9. The van der Waals surface area contributed by atoms with E-state index in [2.05, 4.69) is 33.5 Å². The lowest BCUT2D eigenvalue weighted by Crippen LogP contribution is -2.58. The van der Waals surface area contributed by atoms with Gasteiger partial charge in [-0.25, -0.2) is 9.59 Å². The van der Waals surface area contributed by atoms with Crippen LogP contribution in [0.1, 0.15) is 112 Å². The molecule has 2 rings (SSSR count). The van der Waals surface area contributed by atoms with Gasteiger partial charge in [0.25, 0.3) is 0 Å². The van der Waals surface area contributed by atoms with Crippen molar-refractivity contribution in [2.45, 2.75) is 144 Å². The zero-order valence-electron chi connectivity index (χ0n) is 37.4. The van der Waals surface area contributed by atoms with E-state index < -0.39 is 77.8 Å². The quantitative estimate of drug-likeness (QED) is 0.0457. The van der Waals surface area contributed by atoms with E-state index in [1.807, 2.05) is 69.3 Å². The van der Waals surface area contributed by atoms with Gasteiger partial charge in [0.1, 0.15) is 50.0 Å². The SMILES string of the molecule is CCCCCC[C@H](C)[C@@H](OC(=O)[C@H](C)NC(=O)[C@H](C)NC(=O)[C@H](CC(C)C)NC(=O)[C@@H](NC(=O)OCc1ccccc1)C(C)C)[C@@H](C)C(=O)NCC(=O)OCc1ccccc1. The van der Waals surface area contributed by atoms with Crippen molar-refractivity contribution in [3.63, 3.8) is 0 Å². The Hall–Kier alpha value is -5.47. The number of hydrogen-bond acceptors (Lipinski definition) is 10. The first kappa shape index (κ1) is 51.7. The summed E-state index contributed by atoms with van der Waals surface area (Å²) in [6.45, 7) is 15.5. The zero-order chi connectivity index (χ0) is 45.5. The molecule has 0 heterocycles. The van der Waals surface area contributed by atoms with Crippen LogP contribution in [0.5, 0.6) is 0 Å². The minimum atomic E-state index is -1.16. The Labute approximate surface area is 361 Å². The lowest BCUT2D eigenvalue weighted by atomic mass is 9.88. The summed E-state index contributed by atoms with van der Waals surface area (Å²) in [6.07, 6.45) is 3.17. The molecule has 7 atom stereocenters. The molecule has 0 spiro atoms. The fourth-order valence-electron chi connectivity index (χ4n) is 6.43. The van der Waals surface area contributed by atoms with Crippen LogP contribution in [-0.2, 0) is 56.2 Å². The number of ether oxygens (including phenoxy) is 3. The van der Waals surface area contributed by atoms with Gasteiger partial charge in [0.2, 0.25) is 23.6 Å². The van der Waals surface area contributed by atoms with E-state index in [0.717, 1.165) is 36.8 Å². The lowest BCUT2D eigenvalue weighted by Gasteiger charge is -2.30. The molecule has 5 amide bonds. The number of hydrogen-bond donors (Lipinski definition) is 5. The fraction of sp³-hybridized carbons (Fsp3) is 0.587. The Morgan fingerprint density at radius 3 is 1.74 bits per heavy atom. The van der Waals surface area contributed by atoms with Gasteiger partial charge in [-0.2, -0.15) is 0 Å². The molecular weight excluding hydrogens is 783 g/mol. The van der Waals surface area contributed by atoms with Crippen molar-refractivity contribution in [2.75, 3.05) is 6.54 Å². The third kappa shape index (κ3) is 19.6. The van der Waals surface area contributed by atoms with Crippen LogP contribution in [0.3, 0.4) is 0 Å². The van der Waals surface area contributed by atoms with Crippen LogP contribution in [0.2, 0.25) is 0 Å². The third-order valence-corrected chi connectivity index (χ3v) is 10.1. The maximum Gasteiger partial charge on any atom is 0.408 e. The molecule has 0 bridgehead atoms. The van der Waals surface area contributed by atoms with E-state index >= 15 is 0 Å². The number of carbonyl (C=O) groups excluding carboxylic acids is 7. The van der Waals surface area contributed by atoms with E-state index in [9.17, 15) is 33.6 Å². The number of benzene rings is 2. The van der Waals surface area contributed by atoms with E-state index in [0.29, 0.717) is 6.42 Å². The predicted molar refractivity (Wildman–Crippen MR) is 231 cm³/mol. The molecule has 15 heteroatoms. The summed E-state index contributed by atoms with van der Waals surface area (Å²) in [5.74, 6) is -5.25. The molecule has 5 N–H and O–H groups in total. The van der Waals surface area contributed by atoms with Crippen molar-refractivity contribution >= 4 is 41.7 Å². The Kier molecular flexibility index (Phi) is 23.2. The van der Waals surface area contributed by atoms with Crippen LogP contribution in [0, 0.1) is 23.7 Å². The molecular formula is C46H69N5O10. The summed E-state index contributed by atoms with van der Waals surface area (Å²) in [6, 6.07) is 13.9. The van der Waals surface area contributed by atoms with E-state index in [1.165, 1.54) is 13.8 Å². The first-order valence-electron chi connectivity index (χ1n) is 21.5. The topological polar surface area (TPSA) is 207 Å². The van der Waals surface area contributed by atoms with Crippen molar-refractivity contribution in [3.8, 4) is 0 Å². The van der Waals surface area contributed by atoms with E-state index in [1.54, 1.807) is 32.9 Å². The monoisotopic (exact) mass is 852 g/mol. The first-order valence-corrected chi connectivity index (χ1v) is 21.5. The van der Waals surface area contributed by atoms with Gasteiger partial charge in [-0.15, -0.1) is 0 Å².